The zero-order valence-electron chi connectivity index (χ0n) is 13.2. The minimum Gasteiger partial charge on any atom is -0.373 e. The summed E-state index contributed by atoms with van der Waals surface area (Å²) in [5.41, 5.74) is 5.68. The van der Waals surface area contributed by atoms with E-state index in [1.807, 2.05) is 13.8 Å². The molecule has 2 saturated carbocycles. The fraction of sp³-hybridized carbons (Fsp3) is 1.00. The van der Waals surface area contributed by atoms with Gasteiger partial charge in [0.2, 0.25) is 10.0 Å². The summed E-state index contributed by atoms with van der Waals surface area (Å²) in [5.74, 6) is 0.173. The third kappa shape index (κ3) is 2.44. The highest BCUT2D eigenvalue weighted by atomic mass is 32.2. The highest BCUT2D eigenvalue weighted by Crippen LogP contribution is 2.51. The first-order valence-electron chi connectivity index (χ1n) is 8.12. The van der Waals surface area contributed by atoms with E-state index in [1.54, 1.807) is 0 Å². The lowest BCUT2D eigenvalue weighted by atomic mass is 9.66. The number of nitrogens with two attached hydrogens (primary N) is 1. The van der Waals surface area contributed by atoms with Gasteiger partial charge in [-0.3, -0.25) is 0 Å². The van der Waals surface area contributed by atoms with Gasteiger partial charge in [0.25, 0.3) is 0 Å². The van der Waals surface area contributed by atoms with Gasteiger partial charge in [0.1, 0.15) is 0 Å². The van der Waals surface area contributed by atoms with Gasteiger partial charge in [-0.25, -0.2) is 13.1 Å². The molecular formula is C15H28N2O3S. The lowest BCUT2D eigenvalue weighted by Gasteiger charge is -2.53. The molecule has 0 amide bonds. The van der Waals surface area contributed by atoms with Crippen LogP contribution in [0.25, 0.3) is 0 Å². The molecule has 4 aliphatic rings. The zero-order chi connectivity index (χ0) is 15.4. The van der Waals surface area contributed by atoms with Crippen LogP contribution in [0.15, 0.2) is 0 Å². The molecule has 21 heavy (non-hydrogen) atoms. The molecular weight excluding hydrogens is 288 g/mol. The van der Waals surface area contributed by atoms with Crippen LogP contribution in [-0.4, -0.2) is 38.5 Å². The molecule has 0 unspecified atom stereocenters. The summed E-state index contributed by atoms with van der Waals surface area (Å²) in [4.78, 5) is 0. The molecule has 4 rings (SSSR count). The van der Waals surface area contributed by atoms with E-state index in [9.17, 15) is 8.42 Å². The maximum atomic E-state index is 12.6. The molecule has 0 spiro atoms. The van der Waals surface area contributed by atoms with Crippen LogP contribution < -0.4 is 10.5 Å². The Morgan fingerprint density at radius 2 is 1.76 bits per heavy atom. The van der Waals surface area contributed by atoms with Crippen molar-refractivity contribution in [2.24, 2.45) is 17.1 Å². The van der Waals surface area contributed by atoms with Crippen molar-refractivity contribution in [3.05, 3.63) is 0 Å². The first-order chi connectivity index (χ1) is 9.79. The quantitative estimate of drug-likeness (QED) is 0.776. The van der Waals surface area contributed by atoms with E-state index in [4.69, 9.17) is 10.5 Å². The molecule has 4 fully saturated rings. The maximum Gasteiger partial charge on any atom is 0.217 e. The van der Waals surface area contributed by atoms with Gasteiger partial charge in [-0.1, -0.05) is 13.8 Å². The summed E-state index contributed by atoms with van der Waals surface area (Å²) in [6.07, 6.45) is 5.53. The summed E-state index contributed by atoms with van der Waals surface area (Å²) < 4.78 is 33.6. The molecule has 2 bridgehead atoms. The van der Waals surface area contributed by atoms with Crippen LogP contribution in [0.5, 0.6) is 0 Å². The fourth-order valence-electron chi connectivity index (χ4n) is 3.99. The Morgan fingerprint density at radius 1 is 1.14 bits per heavy atom. The monoisotopic (exact) mass is 316 g/mol. The Morgan fingerprint density at radius 3 is 2.14 bits per heavy atom. The Balaban J connectivity index is 1.64. The van der Waals surface area contributed by atoms with Gasteiger partial charge in [0.05, 0.1) is 17.0 Å². The summed E-state index contributed by atoms with van der Waals surface area (Å²) in [6.45, 7) is 5.74. The number of ether oxygens (including phenoxy) is 1. The van der Waals surface area contributed by atoms with Crippen molar-refractivity contribution in [2.75, 3.05) is 19.7 Å². The number of nitrogens with one attached hydrogen (secondary N) is 1. The average Bonchev–Trinajstić information content (AvgIpc) is 3.30. The largest absolute Gasteiger partial charge is 0.373 e. The SMILES string of the molecule is CC(C)C1(S(=O)(=O)NCC23CCC(CN)(CC2)OC3)CC1. The van der Waals surface area contributed by atoms with Crippen LogP contribution in [0.4, 0.5) is 0 Å². The summed E-state index contributed by atoms with van der Waals surface area (Å²) in [6, 6.07) is 0. The normalized spacial score (nSPS) is 37.9. The minimum absolute atomic E-state index is 0.0168. The van der Waals surface area contributed by atoms with E-state index >= 15 is 0 Å². The Hall–Kier alpha value is -0.170. The molecule has 2 saturated heterocycles. The molecule has 0 aromatic heterocycles. The fourth-order valence-corrected chi connectivity index (χ4v) is 6.04. The summed E-state index contributed by atoms with van der Waals surface area (Å²) >= 11 is 0. The van der Waals surface area contributed by atoms with E-state index in [-0.39, 0.29) is 16.9 Å². The lowest BCUT2D eigenvalue weighted by Crippen LogP contribution is -2.58. The number of fused-ring (bicyclic) bond motifs is 3. The van der Waals surface area contributed by atoms with Crippen molar-refractivity contribution in [1.29, 1.82) is 0 Å². The van der Waals surface area contributed by atoms with Crippen molar-refractivity contribution in [3.63, 3.8) is 0 Å². The summed E-state index contributed by atoms with van der Waals surface area (Å²) in [7, 11) is -3.23. The topological polar surface area (TPSA) is 81.4 Å². The van der Waals surface area contributed by atoms with Gasteiger partial charge in [-0.2, -0.15) is 0 Å². The molecule has 2 heterocycles. The van der Waals surface area contributed by atoms with Gasteiger partial charge >= 0.3 is 0 Å². The molecule has 0 atom stereocenters. The third-order valence-electron chi connectivity index (χ3n) is 6.25. The van der Waals surface area contributed by atoms with Gasteiger partial charge in [-0.05, 0) is 44.4 Å². The number of sulfonamides is 1. The molecule has 2 aliphatic carbocycles. The van der Waals surface area contributed by atoms with Crippen molar-refractivity contribution < 1.29 is 13.2 Å². The molecule has 122 valence electrons. The van der Waals surface area contributed by atoms with Crippen LogP contribution in [0.3, 0.4) is 0 Å². The lowest BCUT2D eigenvalue weighted by molar-refractivity contribution is -0.175. The molecule has 5 nitrogen and oxygen atoms in total. The molecule has 3 N–H and O–H groups in total. The van der Waals surface area contributed by atoms with Crippen molar-refractivity contribution in [3.8, 4) is 0 Å². The molecule has 0 aromatic carbocycles. The van der Waals surface area contributed by atoms with E-state index in [0.717, 1.165) is 38.5 Å². The average molecular weight is 316 g/mol. The second-order valence-electron chi connectivity index (χ2n) is 7.72. The first kappa shape index (κ1) is 15.7. The highest BCUT2D eigenvalue weighted by molar-refractivity contribution is 7.91. The Bertz CT molecular complexity index is 486. The van der Waals surface area contributed by atoms with Gasteiger partial charge in [-0.15, -0.1) is 0 Å². The van der Waals surface area contributed by atoms with E-state index in [2.05, 4.69) is 4.72 Å². The number of rotatable bonds is 6. The Kier molecular flexibility index (Phi) is 3.68. The predicted octanol–water partition coefficient (Wildman–Crippen LogP) is 1.38. The minimum atomic E-state index is -3.23. The first-order valence-corrected chi connectivity index (χ1v) is 9.60. The van der Waals surface area contributed by atoms with Crippen LogP contribution in [-0.2, 0) is 14.8 Å². The summed E-state index contributed by atoms with van der Waals surface area (Å²) in [5, 5.41) is 0. The van der Waals surface area contributed by atoms with Gasteiger partial charge in [0, 0.05) is 18.5 Å². The molecule has 0 aromatic rings. The standard InChI is InChI=1S/C15H28N2O3S/c1-12(2)15(7-8-15)21(18,19)17-10-13-3-5-14(9-16,6-4-13)20-11-13/h12,17H,3-11,16H2,1-2H3. The van der Waals surface area contributed by atoms with Crippen LogP contribution >= 0.6 is 0 Å². The van der Waals surface area contributed by atoms with Crippen molar-refractivity contribution in [2.45, 2.75) is 62.7 Å². The number of hydrogen-bond donors (Lipinski definition) is 2. The van der Waals surface area contributed by atoms with Crippen molar-refractivity contribution >= 4 is 10.0 Å². The predicted molar refractivity (Wildman–Crippen MR) is 82.4 cm³/mol. The van der Waals surface area contributed by atoms with Crippen molar-refractivity contribution in [1.82, 2.24) is 4.72 Å². The molecule has 2 aliphatic heterocycles. The van der Waals surface area contributed by atoms with E-state index < -0.39 is 14.8 Å². The van der Waals surface area contributed by atoms with Crippen LogP contribution in [0.1, 0.15) is 52.4 Å². The molecule has 0 radical (unpaired) electrons. The Labute approximate surface area is 128 Å². The third-order valence-corrected chi connectivity index (χ3v) is 8.72. The van der Waals surface area contributed by atoms with E-state index in [1.165, 1.54) is 0 Å². The van der Waals surface area contributed by atoms with Gasteiger partial charge in [0.15, 0.2) is 0 Å². The number of hydrogen-bond acceptors (Lipinski definition) is 4. The smallest absolute Gasteiger partial charge is 0.217 e. The highest BCUT2D eigenvalue weighted by Gasteiger charge is 2.57. The second kappa shape index (κ2) is 4.91. The molecule has 6 heteroatoms. The maximum absolute atomic E-state index is 12.6. The van der Waals surface area contributed by atoms with E-state index in [0.29, 0.717) is 19.7 Å². The van der Waals surface area contributed by atoms with Crippen LogP contribution in [0, 0.1) is 11.3 Å². The van der Waals surface area contributed by atoms with Crippen LogP contribution in [0.2, 0.25) is 0 Å². The zero-order valence-corrected chi connectivity index (χ0v) is 14.0. The second-order valence-corrected chi connectivity index (χ2v) is 9.83. The van der Waals surface area contributed by atoms with Gasteiger partial charge < -0.3 is 10.5 Å².